The number of carbonyl (C=O) groups excluding carboxylic acids is 1. The molecule has 1 aromatic rings. The molecule has 0 bridgehead atoms. The molecular formula is C16H21NO2. The second kappa shape index (κ2) is 6.02. The fourth-order valence-corrected chi connectivity index (χ4v) is 2.70. The van der Waals surface area contributed by atoms with Crippen LogP contribution in [0.2, 0.25) is 0 Å². The average Bonchev–Trinajstić information content (AvgIpc) is 2.47. The number of allylic oxidation sites excluding steroid dienone is 1. The number of benzene rings is 1. The van der Waals surface area contributed by atoms with Crippen LogP contribution >= 0.6 is 0 Å². The van der Waals surface area contributed by atoms with Crippen LogP contribution in [-0.2, 0) is 14.9 Å². The van der Waals surface area contributed by atoms with E-state index in [1.54, 1.807) is 13.0 Å². The fourth-order valence-electron chi connectivity index (χ4n) is 2.70. The van der Waals surface area contributed by atoms with Gasteiger partial charge >= 0.3 is 5.97 Å². The van der Waals surface area contributed by atoms with Crippen molar-refractivity contribution < 1.29 is 13.6 Å². The Hall–Kier alpha value is -1.61. The zero-order valence-electron chi connectivity index (χ0n) is 14.1. The van der Waals surface area contributed by atoms with Gasteiger partial charge in [0.05, 0.1) is 6.61 Å². The fraction of sp³-hybridized carbons (Fsp3) is 0.438. The Morgan fingerprint density at radius 1 is 1.53 bits per heavy atom. The molecule has 1 N–H and O–H groups in total. The van der Waals surface area contributed by atoms with Gasteiger partial charge < -0.3 is 10.1 Å². The van der Waals surface area contributed by atoms with Crippen molar-refractivity contribution in [3.8, 4) is 0 Å². The standard InChI is InChI=1S/C16H21NO2/c1-3-19-15(18)16(13-9-5-4-6-10-13)12-8-7-11-14(16)17-2/h4-7,9-11,14,17H,3,8,12H2,1-2H3/t14-,16-/m1/s1/i2D3. The van der Waals surface area contributed by atoms with Gasteiger partial charge in [0, 0.05) is 10.2 Å². The second-order valence-corrected chi connectivity index (χ2v) is 4.65. The van der Waals surface area contributed by atoms with Gasteiger partial charge in [-0.1, -0.05) is 42.5 Å². The highest BCUT2D eigenvalue weighted by Crippen LogP contribution is 2.38. The van der Waals surface area contributed by atoms with Crippen molar-refractivity contribution in [3.63, 3.8) is 0 Å². The van der Waals surface area contributed by atoms with Crippen molar-refractivity contribution in [2.45, 2.75) is 31.2 Å². The first kappa shape index (κ1) is 10.2. The van der Waals surface area contributed by atoms with Crippen molar-refractivity contribution >= 4 is 5.97 Å². The maximum Gasteiger partial charge on any atom is 0.318 e. The van der Waals surface area contributed by atoms with E-state index in [-0.39, 0.29) is 12.6 Å². The molecule has 2 rings (SSSR count). The maximum atomic E-state index is 12.7. The molecule has 102 valence electrons. The van der Waals surface area contributed by atoms with E-state index in [2.05, 4.69) is 5.32 Å². The van der Waals surface area contributed by atoms with Crippen LogP contribution in [0.3, 0.4) is 0 Å². The van der Waals surface area contributed by atoms with Gasteiger partial charge in [0.1, 0.15) is 5.41 Å². The lowest BCUT2D eigenvalue weighted by Gasteiger charge is -2.39. The summed E-state index contributed by atoms with van der Waals surface area (Å²) in [7, 11) is 0. The summed E-state index contributed by atoms with van der Waals surface area (Å²) in [4.78, 5) is 12.7. The van der Waals surface area contributed by atoms with Gasteiger partial charge in [-0.3, -0.25) is 4.79 Å². The van der Waals surface area contributed by atoms with Gasteiger partial charge in [-0.25, -0.2) is 0 Å². The molecule has 0 amide bonds. The topological polar surface area (TPSA) is 38.3 Å². The second-order valence-electron chi connectivity index (χ2n) is 4.65. The van der Waals surface area contributed by atoms with Gasteiger partial charge in [-0.2, -0.15) is 0 Å². The zero-order chi connectivity index (χ0) is 16.2. The molecule has 0 spiro atoms. The Balaban J connectivity index is 2.50. The van der Waals surface area contributed by atoms with Crippen molar-refractivity contribution in [1.82, 2.24) is 5.32 Å². The highest BCUT2D eigenvalue weighted by atomic mass is 16.5. The van der Waals surface area contributed by atoms with Crippen LogP contribution in [0.4, 0.5) is 0 Å². The smallest absolute Gasteiger partial charge is 0.318 e. The Labute approximate surface area is 118 Å². The molecule has 0 fully saturated rings. The van der Waals surface area contributed by atoms with Crippen molar-refractivity contribution in [2.24, 2.45) is 0 Å². The molecule has 0 aromatic heterocycles. The van der Waals surface area contributed by atoms with Crippen molar-refractivity contribution in [2.75, 3.05) is 13.6 Å². The summed E-state index contributed by atoms with van der Waals surface area (Å²) in [5, 5.41) is 2.60. The molecule has 3 nitrogen and oxygen atoms in total. The monoisotopic (exact) mass is 262 g/mol. The number of hydrogen-bond acceptors (Lipinski definition) is 3. The Morgan fingerprint density at radius 2 is 2.32 bits per heavy atom. The zero-order valence-corrected chi connectivity index (χ0v) is 11.1. The normalized spacial score (nSPS) is 29.1. The largest absolute Gasteiger partial charge is 0.465 e. The van der Waals surface area contributed by atoms with Crippen LogP contribution in [0.5, 0.6) is 0 Å². The quantitative estimate of drug-likeness (QED) is 0.669. The molecule has 0 radical (unpaired) electrons. The molecule has 0 heterocycles. The molecule has 1 aliphatic carbocycles. The minimum absolute atomic E-state index is 0.262. The highest BCUT2D eigenvalue weighted by molar-refractivity contribution is 5.85. The van der Waals surface area contributed by atoms with E-state index in [4.69, 9.17) is 8.85 Å². The molecule has 0 saturated carbocycles. The van der Waals surface area contributed by atoms with Crippen LogP contribution < -0.4 is 5.32 Å². The molecule has 0 aliphatic heterocycles. The Kier molecular flexibility index (Phi) is 3.24. The molecule has 0 saturated heterocycles. The SMILES string of the molecule is [2H]C([2H])([2H])N[C@@H]1C=CCC[C@@]1(C(=O)OCC)c1ccccc1. The van der Waals surface area contributed by atoms with E-state index in [1.807, 2.05) is 36.4 Å². The predicted molar refractivity (Wildman–Crippen MR) is 76.0 cm³/mol. The van der Waals surface area contributed by atoms with E-state index in [9.17, 15) is 4.79 Å². The van der Waals surface area contributed by atoms with E-state index < -0.39 is 18.4 Å². The first-order valence-corrected chi connectivity index (χ1v) is 6.57. The number of esters is 1. The third-order valence-corrected chi connectivity index (χ3v) is 3.65. The average molecular weight is 262 g/mol. The highest BCUT2D eigenvalue weighted by Gasteiger charge is 2.47. The number of rotatable bonds is 4. The number of likely N-dealkylation sites (N-methyl/N-ethyl adjacent to an activating group) is 1. The molecular weight excluding hydrogens is 238 g/mol. The lowest BCUT2D eigenvalue weighted by molar-refractivity contribution is -0.151. The summed E-state index contributed by atoms with van der Waals surface area (Å²) in [6.07, 6.45) is 4.89. The first-order chi connectivity index (χ1) is 10.4. The minimum atomic E-state index is -2.33. The van der Waals surface area contributed by atoms with Crippen molar-refractivity contribution in [1.29, 1.82) is 0 Å². The first-order valence-electron chi connectivity index (χ1n) is 8.07. The van der Waals surface area contributed by atoms with Crippen LogP contribution in [0, 0.1) is 0 Å². The van der Waals surface area contributed by atoms with Crippen molar-refractivity contribution in [3.05, 3.63) is 48.0 Å². The third-order valence-electron chi connectivity index (χ3n) is 3.65. The molecule has 0 unspecified atom stereocenters. The predicted octanol–water partition coefficient (Wildman–Crippen LogP) is 2.43. The van der Waals surface area contributed by atoms with E-state index in [0.717, 1.165) is 5.56 Å². The van der Waals surface area contributed by atoms with Gasteiger partial charge in [-0.15, -0.1) is 0 Å². The summed E-state index contributed by atoms with van der Waals surface area (Å²) in [5.41, 5.74) is -0.236. The van der Waals surface area contributed by atoms with E-state index in [0.29, 0.717) is 12.8 Å². The summed E-state index contributed by atoms with van der Waals surface area (Å²) < 4.78 is 27.7. The maximum absolute atomic E-state index is 12.7. The summed E-state index contributed by atoms with van der Waals surface area (Å²) in [6, 6.07) is 8.64. The van der Waals surface area contributed by atoms with Gasteiger partial charge in [0.25, 0.3) is 0 Å². The molecule has 2 atom stereocenters. The molecule has 19 heavy (non-hydrogen) atoms. The van der Waals surface area contributed by atoms with Crippen LogP contribution in [-0.4, -0.2) is 25.6 Å². The lowest BCUT2D eigenvalue weighted by Crippen LogP contribution is -2.53. The van der Waals surface area contributed by atoms with Crippen LogP contribution in [0.25, 0.3) is 0 Å². The summed E-state index contributed by atoms with van der Waals surface area (Å²) in [6.45, 7) is -0.321. The van der Waals surface area contributed by atoms with Crippen LogP contribution in [0.1, 0.15) is 29.4 Å². The Bertz CT molecular complexity index is 542. The number of carbonyl (C=O) groups is 1. The van der Waals surface area contributed by atoms with Gasteiger partial charge in [-0.05, 0) is 32.3 Å². The molecule has 3 heteroatoms. The van der Waals surface area contributed by atoms with E-state index in [1.165, 1.54) is 0 Å². The number of hydrogen-bond donors (Lipinski definition) is 1. The lowest BCUT2D eigenvalue weighted by atomic mass is 9.68. The molecule has 1 aliphatic rings. The number of ether oxygens (including phenoxy) is 1. The minimum Gasteiger partial charge on any atom is -0.465 e. The number of nitrogens with one attached hydrogen (secondary N) is 1. The van der Waals surface area contributed by atoms with Crippen LogP contribution in [0.15, 0.2) is 42.5 Å². The van der Waals surface area contributed by atoms with E-state index >= 15 is 0 Å². The molecule has 1 aromatic carbocycles. The van der Waals surface area contributed by atoms with Gasteiger partial charge in [0.15, 0.2) is 0 Å². The summed E-state index contributed by atoms with van der Waals surface area (Å²) >= 11 is 0. The van der Waals surface area contributed by atoms with Gasteiger partial charge in [0.2, 0.25) is 0 Å². The third kappa shape index (κ3) is 2.43. The Morgan fingerprint density at radius 3 is 3.00 bits per heavy atom. The summed E-state index contributed by atoms with van der Waals surface area (Å²) in [5.74, 6) is -0.382.